The Labute approximate surface area is 76.5 Å². The summed E-state index contributed by atoms with van der Waals surface area (Å²) in [5, 5.41) is 12.6. The van der Waals surface area contributed by atoms with Crippen molar-refractivity contribution in [3.05, 3.63) is 22.4 Å². The van der Waals surface area contributed by atoms with Crippen LogP contribution in [0, 0.1) is 0 Å². The minimum Gasteiger partial charge on any atom is -0.396 e. The summed E-state index contributed by atoms with van der Waals surface area (Å²) in [7, 11) is 0. The fraction of sp³-hybridized carbons (Fsp3) is 0.429. The van der Waals surface area contributed by atoms with Crippen molar-refractivity contribution in [2.75, 3.05) is 6.61 Å². The van der Waals surface area contributed by atoms with Gasteiger partial charge in [0.1, 0.15) is 0 Å². The zero-order valence-electron chi connectivity index (χ0n) is 6.06. The minimum atomic E-state index is 0. The Kier molecular flexibility index (Phi) is 5.50. The number of hydrogen-bond acceptors (Lipinski definition) is 3. The lowest BCUT2D eigenvalue weighted by Gasteiger charge is -2.05. The summed E-state index contributed by atoms with van der Waals surface area (Å²) < 4.78 is 0. The molecule has 1 aromatic rings. The number of aliphatic hydroxyl groups is 1. The van der Waals surface area contributed by atoms with Crippen LogP contribution in [0.4, 0.5) is 0 Å². The largest absolute Gasteiger partial charge is 0.396 e. The van der Waals surface area contributed by atoms with Crippen molar-refractivity contribution < 1.29 is 5.11 Å². The lowest BCUT2D eigenvalue weighted by atomic mass is 10.1. The lowest BCUT2D eigenvalue weighted by Crippen LogP contribution is -2.10. The molecular formula is C7H12ClNOS. The van der Waals surface area contributed by atoms with E-state index in [1.807, 2.05) is 16.8 Å². The van der Waals surface area contributed by atoms with E-state index in [-0.39, 0.29) is 25.1 Å². The van der Waals surface area contributed by atoms with Crippen LogP contribution in [0.5, 0.6) is 0 Å². The van der Waals surface area contributed by atoms with Crippen molar-refractivity contribution in [2.45, 2.75) is 12.5 Å². The van der Waals surface area contributed by atoms with Gasteiger partial charge in [0.2, 0.25) is 0 Å². The molecule has 0 saturated carbocycles. The average molecular weight is 194 g/mol. The maximum Gasteiger partial charge on any atom is 0.0449 e. The molecule has 0 bridgehead atoms. The lowest BCUT2D eigenvalue weighted by molar-refractivity contribution is 0.276. The minimum absolute atomic E-state index is 0. The van der Waals surface area contributed by atoms with Crippen molar-refractivity contribution in [3.63, 3.8) is 0 Å². The zero-order valence-corrected chi connectivity index (χ0v) is 7.70. The van der Waals surface area contributed by atoms with Crippen LogP contribution in [0.1, 0.15) is 18.0 Å². The molecule has 0 aliphatic rings. The molecule has 4 heteroatoms. The highest BCUT2D eigenvalue weighted by atomic mass is 35.5. The Hall–Kier alpha value is -0.0900. The van der Waals surface area contributed by atoms with Crippen LogP contribution in [0.25, 0.3) is 0 Å². The van der Waals surface area contributed by atoms with Gasteiger partial charge in [-0.25, -0.2) is 0 Å². The van der Waals surface area contributed by atoms with Crippen molar-refractivity contribution in [3.8, 4) is 0 Å². The molecule has 2 nitrogen and oxygen atoms in total. The molecule has 0 saturated heterocycles. The third kappa shape index (κ3) is 3.20. The number of thiophene rings is 1. The number of halogens is 1. The maximum absolute atomic E-state index is 8.56. The van der Waals surface area contributed by atoms with Crippen LogP contribution in [-0.2, 0) is 0 Å². The number of aliphatic hydroxyl groups excluding tert-OH is 1. The summed E-state index contributed by atoms with van der Waals surface area (Å²) in [5.41, 5.74) is 6.82. The van der Waals surface area contributed by atoms with E-state index in [2.05, 4.69) is 0 Å². The van der Waals surface area contributed by atoms with Crippen LogP contribution in [0.3, 0.4) is 0 Å². The van der Waals surface area contributed by atoms with Gasteiger partial charge in [-0.15, -0.1) is 12.4 Å². The molecule has 0 radical (unpaired) electrons. The summed E-state index contributed by atoms with van der Waals surface area (Å²) in [4.78, 5) is 0. The third-order valence-electron chi connectivity index (χ3n) is 1.41. The molecule has 0 aliphatic carbocycles. The molecule has 0 unspecified atom stereocenters. The fourth-order valence-electron chi connectivity index (χ4n) is 0.792. The van der Waals surface area contributed by atoms with E-state index >= 15 is 0 Å². The van der Waals surface area contributed by atoms with E-state index in [0.29, 0.717) is 6.42 Å². The molecule has 11 heavy (non-hydrogen) atoms. The first-order valence-electron chi connectivity index (χ1n) is 3.23. The maximum atomic E-state index is 8.56. The van der Waals surface area contributed by atoms with Gasteiger partial charge in [0.05, 0.1) is 0 Å². The average Bonchev–Trinajstić information content (AvgIpc) is 2.38. The molecule has 0 spiro atoms. The monoisotopic (exact) mass is 193 g/mol. The second-order valence-electron chi connectivity index (χ2n) is 2.18. The van der Waals surface area contributed by atoms with Gasteiger partial charge in [-0.1, -0.05) is 0 Å². The van der Waals surface area contributed by atoms with Crippen LogP contribution < -0.4 is 5.73 Å². The standard InChI is InChI=1S/C7H11NOS.ClH/c8-7(1-3-9)6-2-4-10-5-6;/h2,4-5,7,9H,1,3,8H2;1H/t7-;/m1./s1. The first-order chi connectivity index (χ1) is 4.84. The van der Waals surface area contributed by atoms with E-state index in [9.17, 15) is 0 Å². The summed E-state index contributed by atoms with van der Waals surface area (Å²) in [5.74, 6) is 0. The SMILES string of the molecule is Cl.N[C@H](CCO)c1ccsc1. The van der Waals surface area contributed by atoms with Crippen LogP contribution in [0.2, 0.25) is 0 Å². The van der Waals surface area contributed by atoms with E-state index in [1.165, 1.54) is 0 Å². The fourth-order valence-corrected chi connectivity index (χ4v) is 1.52. The first-order valence-corrected chi connectivity index (χ1v) is 4.17. The quantitative estimate of drug-likeness (QED) is 0.766. The van der Waals surface area contributed by atoms with E-state index < -0.39 is 0 Å². The number of hydrogen-bond donors (Lipinski definition) is 2. The Morgan fingerprint density at radius 2 is 2.36 bits per heavy atom. The number of rotatable bonds is 3. The molecule has 0 fully saturated rings. The summed E-state index contributed by atoms with van der Waals surface area (Å²) in [6.07, 6.45) is 0.650. The van der Waals surface area contributed by atoms with Gasteiger partial charge in [0, 0.05) is 12.6 Å². The summed E-state index contributed by atoms with van der Waals surface area (Å²) in [6.45, 7) is 0.164. The van der Waals surface area contributed by atoms with Crippen molar-refractivity contribution in [1.82, 2.24) is 0 Å². The molecular weight excluding hydrogens is 182 g/mol. The molecule has 3 N–H and O–H groups in total. The molecule has 0 aliphatic heterocycles. The molecule has 1 heterocycles. The molecule has 1 aromatic heterocycles. The Morgan fingerprint density at radius 1 is 1.64 bits per heavy atom. The van der Waals surface area contributed by atoms with Crippen LogP contribution in [0.15, 0.2) is 16.8 Å². The summed E-state index contributed by atoms with van der Waals surface area (Å²) in [6, 6.07) is 2.00. The molecule has 1 rings (SSSR count). The predicted molar refractivity (Wildman–Crippen MR) is 50.2 cm³/mol. The second kappa shape index (κ2) is 5.55. The van der Waals surface area contributed by atoms with E-state index in [4.69, 9.17) is 10.8 Å². The van der Waals surface area contributed by atoms with Gasteiger partial charge >= 0.3 is 0 Å². The van der Waals surface area contributed by atoms with Crippen molar-refractivity contribution in [1.29, 1.82) is 0 Å². The zero-order chi connectivity index (χ0) is 7.40. The third-order valence-corrected chi connectivity index (χ3v) is 2.11. The second-order valence-corrected chi connectivity index (χ2v) is 2.96. The molecule has 0 aromatic carbocycles. The number of nitrogens with two attached hydrogens (primary N) is 1. The highest BCUT2D eigenvalue weighted by Gasteiger charge is 2.03. The predicted octanol–water partition coefficient (Wildman–Crippen LogP) is 1.55. The Bertz CT molecular complexity index is 179. The van der Waals surface area contributed by atoms with E-state index in [0.717, 1.165) is 5.56 Å². The molecule has 1 atom stereocenters. The van der Waals surface area contributed by atoms with Crippen molar-refractivity contribution in [2.24, 2.45) is 5.73 Å². The van der Waals surface area contributed by atoms with E-state index in [1.54, 1.807) is 11.3 Å². The first kappa shape index (κ1) is 10.9. The van der Waals surface area contributed by atoms with Gasteiger partial charge < -0.3 is 10.8 Å². The Balaban J connectivity index is 0.000001000. The summed E-state index contributed by atoms with van der Waals surface area (Å²) >= 11 is 1.63. The smallest absolute Gasteiger partial charge is 0.0449 e. The van der Waals surface area contributed by atoms with Gasteiger partial charge in [-0.2, -0.15) is 11.3 Å². The van der Waals surface area contributed by atoms with Gasteiger partial charge in [-0.3, -0.25) is 0 Å². The van der Waals surface area contributed by atoms with Crippen LogP contribution >= 0.6 is 23.7 Å². The highest BCUT2D eigenvalue weighted by Crippen LogP contribution is 2.15. The van der Waals surface area contributed by atoms with Crippen LogP contribution in [-0.4, -0.2) is 11.7 Å². The topological polar surface area (TPSA) is 46.2 Å². The highest BCUT2D eigenvalue weighted by molar-refractivity contribution is 7.07. The Morgan fingerprint density at radius 3 is 2.82 bits per heavy atom. The van der Waals surface area contributed by atoms with Gasteiger partial charge in [-0.05, 0) is 28.8 Å². The normalized spacial score (nSPS) is 12.2. The van der Waals surface area contributed by atoms with Crippen molar-refractivity contribution >= 4 is 23.7 Å². The van der Waals surface area contributed by atoms with Gasteiger partial charge in [0.25, 0.3) is 0 Å². The van der Waals surface area contributed by atoms with Gasteiger partial charge in [0.15, 0.2) is 0 Å². The molecule has 64 valence electrons. The molecule has 0 amide bonds.